The second-order valence-corrected chi connectivity index (χ2v) is 10.4. The number of aromatic nitrogens is 1. The number of hydrogen-bond acceptors (Lipinski definition) is 6. The maximum atomic E-state index is 13.2. The zero-order valence-electron chi connectivity index (χ0n) is 19.1. The third-order valence-electron chi connectivity index (χ3n) is 6.32. The highest BCUT2D eigenvalue weighted by atomic mass is 32.2. The van der Waals surface area contributed by atoms with Gasteiger partial charge in [0.2, 0.25) is 15.9 Å². The molecule has 9 heteroatoms. The molecule has 0 N–H and O–H groups in total. The molecular weight excluding hydrogens is 440 g/mol. The van der Waals surface area contributed by atoms with Gasteiger partial charge in [0.15, 0.2) is 0 Å². The van der Waals surface area contributed by atoms with E-state index in [4.69, 9.17) is 4.74 Å². The highest BCUT2D eigenvalue weighted by molar-refractivity contribution is 7.89. The Balaban J connectivity index is 1.38. The van der Waals surface area contributed by atoms with Gasteiger partial charge in [-0.05, 0) is 24.1 Å². The molecule has 0 bridgehead atoms. The Morgan fingerprint density at radius 1 is 1.00 bits per heavy atom. The smallest absolute Gasteiger partial charge is 0.244 e. The van der Waals surface area contributed by atoms with Crippen LogP contribution < -0.4 is 4.90 Å². The number of nitrogens with zero attached hydrogens (tertiary/aromatic N) is 4. The number of carbonyl (C=O) groups is 1. The summed E-state index contributed by atoms with van der Waals surface area (Å²) in [6, 6.07) is 13.4. The maximum Gasteiger partial charge on any atom is 0.244 e. The van der Waals surface area contributed by atoms with Gasteiger partial charge in [-0.15, -0.1) is 0 Å². The number of ether oxygens (including phenoxy) is 1. The summed E-state index contributed by atoms with van der Waals surface area (Å²) in [7, 11) is -3.55. The predicted octanol–water partition coefficient (Wildman–Crippen LogP) is 2.34. The van der Waals surface area contributed by atoms with E-state index < -0.39 is 10.0 Å². The van der Waals surface area contributed by atoms with Crippen molar-refractivity contribution in [3.05, 3.63) is 54.2 Å². The van der Waals surface area contributed by atoms with Crippen molar-refractivity contribution in [2.24, 2.45) is 0 Å². The van der Waals surface area contributed by atoms with Crippen molar-refractivity contribution in [1.29, 1.82) is 0 Å². The van der Waals surface area contributed by atoms with Crippen molar-refractivity contribution in [2.75, 3.05) is 57.4 Å². The minimum Gasteiger partial charge on any atom is -0.379 e. The molecule has 2 aromatic rings. The summed E-state index contributed by atoms with van der Waals surface area (Å²) >= 11 is 0. The first-order valence-corrected chi connectivity index (χ1v) is 13.1. The fourth-order valence-corrected chi connectivity index (χ4v) is 5.79. The van der Waals surface area contributed by atoms with Crippen molar-refractivity contribution in [2.45, 2.75) is 30.6 Å². The van der Waals surface area contributed by atoms with Crippen molar-refractivity contribution < 1.29 is 17.9 Å². The van der Waals surface area contributed by atoms with Crippen LogP contribution in [-0.2, 0) is 19.6 Å². The minimum absolute atomic E-state index is 0.106. The molecule has 1 atom stereocenters. The van der Waals surface area contributed by atoms with Gasteiger partial charge in [-0.2, -0.15) is 4.31 Å². The average molecular weight is 473 g/mol. The molecule has 1 aromatic carbocycles. The van der Waals surface area contributed by atoms with Gasteiger partial charge in [0.1, 0.15) is 10.7 Å². The van der Waals surface area contributed by atoms with Crippen LogP contribution in [0.2, 0.25) is 0 Å². The molecule has 0 saturated carbocycles. The summed E-state index contributed by atoms with van der Waals surface area (Å²) in [5.74, 6) is 0.810. The number of anilines is 1. The number of pyridine rings is 1. The molecule has 0 radical (unpaired) electrons. The van der Waals surface area contributed by atoms with Crippen LogP contribution in [0.15, 0.2) is 53.6 Å². The molecular formula is C24H32N4O4S. The SMILES string of the molecule is CCCC(C(=O)N1CCN(c2ccc(S(=O)(=O)N3CCOCC3)cn2)CC1)c1ccccc1. The van der Waals surface area contributed by atoms with Gasteiger partial charge in [0.05, 0.1) is 19.1 Å². The number of morpholine rings is 1. The van der Waals surface area contributed by atoms with Crippen molar-refractivity contribution >= 4 is 21.7 Å². The number of carbonyl (C=O) groups excluding carboxylic acids is 1. The van der Waals surface area contributed by atoms with Crippen LogP contribution in [-0.4, -0.2) is 81.0 Å². The lowest BCUT2D eigenvalue weighted by atomic mass is 9.93. The van der Waals surface area contributed by atoms with Gasteiger partial charge in [-0.25, -0.2) is 13.4 Å². The van der Waals surface area contributed by atoms with E-state index in [0.29, 0.717) is 52.5 Å². The zero-order chi connectivity index (χ0) is 23.3. The van der Waals surface area contributed by atoms with E-state index in [-0.39, 0.29) is 16.7 Å². The van der Waals surface area contributed by atoms with Crippen molar-refractivity contribution in [1.82, 2.24) is 14.2 Å². The summed E-state index contributed by atoms with van der Waals surface area (Å²) in [5, 5.41) is 0. The Hall–Kier alpha value is -2.49. The minimum atomic E-state index is -3.55. The topological polar surface area (TPSA) is 83.1 Å². The van der Waals surface area contributed by atoms with Crippen LogP contribution >= 0.6 is 0 Å². The van der Waals surface area contributed by atoms with Crippen LogP contribution in [0.1, 0.15) is 31.2 Å². The summed E-state index contributed by atoms with van der Waals surface area (Å²) in [6.45, 7) is 6.25. The molecule has 2 fully saturated rings. The fourth-order valence-electron chi connectivity index (χ4n) is 4.43. The quantitative estimate of drug-likeness (QED) is 0.615. The first-order valence-electron chi connectivity index (χ1n) is 11.6. The number of piperazine rings is 1. The lowest BCUT2D eigenvalue weighted by Crippen LogP contribution is -2.50. The highest BCUT2D eigenvalue weighted by Crippen LogP contribution is 2.25. The molecule has 0 aliphatic carbocycles. The summed E-state index contributed by atoms with van der Waals surface area (Å²) in [4.78, 5) is 21.9. The second-order valence-electron chi connectivity index (χ2n) is 8.43. The number of benzene rings is 1. The molecule has 178 valence electrons. The third-order valence-corrected chi connectivity index (χ3v) is 8.20. The molecule has 1 unspecified atom stereocenters. The Morgan fingerprint density at radius 3 is 2.30 bits per heavy atom. The summed E-state index contributed by atoms with van der Waals surface area (Å²) in [5.41, 5.74) is 1.07. The van der Waals surface area contributed by atoms with E-state index >= 15 is 0 Å². The summed E-state index contributed by atoms with van der Waals surface area (Å²) < 4.78 is 32.3. The molecule has 33 heavy (non-hydrogen) atoms. The van der Waals surface area contributed by atoms with Crippen LogP contribution in [0, 0.1) is 0 Å². The predicted molar refractivity (Wildman–Crippen MR) is 127 cm³/mol. The van der Waals surface area contributed by atoms with E-state index in [1.807, 2.05) is 35.2 Å². The number of hydrogen-bond donors (Lipinski definition) is 0. The lowest BCUT2D eigenvalue weighted by Gasteiger charge is -2.37. The second kappa shape index (κ2) is 10.6. The molecule has 1 amide bonds. The number of rotatable bonds is 7. The van der Waals surface area contributed by atoms with E-state index in [1.54, 1.807) is 12.1 Å². The van der Waals surface area contributed by atoms with Gasteiger partial charge in [0.25, 0.3) is 0 Å². The third kappa shape index (κ3) is 5.37. The molecule has 3 heterocycles. The standard InChI is InChI=1S/C24H32N4O4S/c1-2-6-22(20-7-4-3-5-8-20)24(29)27-13-11-26(12-14-27)23-10-9-21(19-25-23)33(30,31)28-15-17-32-18-16-28/h3-5,7-10,19,22H,2,6,11-18H2,1H3. The molecule has 2 aliphatic heterocycles. The molecule has 1 aromatic heterocycles. The van der Waals surface area contributed by atoms with Gasteiger partial charge in [-0.3, -0.25) is 4.79 Å². The average Bonchev–Trinajstić information content (AvgIpc) is 2.88. The zero-order valence-corrected chi connectivity index (χ0v) is 19.9. The monoisotopic (exact) mass is 472 g/mol. The van der Waals surface area contributed by atoms with Gasteiger partial charge in [-0.1, -0.05) is 43.7 Å². The normalized spacial score (nSPS) is 18.8. The molecule has 4 rings (SSSR count). The van der Waals surface area contributed by atoms with E-state index in [0.717, 1.165) is 24.2 Å². The highest BCUT2D eigenvalue weighted by Gasteiger charge is 2.29. The van der Waals surface area contributed by atoms with Crippen LogP contribution in [0.5, 0.6) is 0 Å². The Kier molecular flexibility index (Phi) is 7.62. The van der Waals surface area contributed by atoms with Gasteiger partial charge >= 0.3 is 0 Å². The summed E-state index contributed by atoms with van der Waals surface area (Å²) in [6.07, 6.45) is 3.23. The first-order chi connectivity index (χ1) is 16.0. The largest absolute Gasteiger partial charge is 0.379 e. The van der Waals surface area contributed by atoms with Crippen LogP contribution in [0.3, 0.4) is 0 Å². The van der Waals surface area contributed by atoms with Crippen molar-refractivity contribution in [3.8, 4) is 0 Å². The van der Waals surface area contributed by atoms with E-state index in [1.165, 1.54) is 10.5 Å². The Morgan fingerprint density at radius 2 is 1.70 bits per heavy atom. The Labute approximate surface area is 196 Å². The number of sulfonamides is 1. The molecule has 0 spiro atoms. The van der Waals surface area contributed by atoms with E-state index in [2.05, 4.69) is 16.8 Å². The first kappa shape index (κ1) is 23.7. The Bertz CT molecular complexity index is 1020. The van der Waals surface area contributed by atoms with Gasteiger partial charge in [0, 0.05) is 45.5 Å². The van der Waals surface area contributed by atoms with E-state index in [9.17, 15) is 13.2 Å². The van der Waals surface area contributed by atoms with Crippen molar-refractivity contribution in [3.63, 3.8) is 0 Å². The van der Waals surface area contributed by atoms with Crippen LogP contribution in [0.25, 0.3) is 0 Å². The fraction of sp³-hybridized carbons (Fsp3) is 0.500. The van der Waals surface area contributed by atoms with Crippen LogP contribution in [0.4, 0.5) is 5.82 Å². The lowest BCUT2D eigenvalue weighted by molar-refractivity contribution is -0.133. The molecule has 2 saturated heterocycles. The number of amides is 1. The molecule has 2 aliphatic rings. The van der Waals surface area contributed by atoms with Gasteiger partial charge < -0.3 is 14.5 Å². The maximum absolute atomic E-state index is 13.2. The molecule has 8 nitrogen and oxygen atoms in total.